The minimum Gasteiger partial charge on any atom is -0.493 e. The number of rotatable bonds is 9. The molecule has 0 saturated carbocycles. The zero-order valence-electron chi connectivity index (χ0n) is 18.9. The topological polar surface area (TPSA) is 75.3 Å². The van der Waals surface area contributed by atoms with Crippen molar-refractivity contribution in [2.45, 2.75) is 31.2 Å². The number of nitrogens with one attached hydrogen (secondary N) is 1. The maximum atomic E-state index is 12.0. The number of esters is 1. The number of benzene rings is 2. The van der Waals surface area contributed by atoms with E-state index >= 15 is 0 Å². The molecule has 31 heavy (non-hydrogen) atoms. The van der Waals surface area contributed by atoms with Gasteiger partial charge in [-0.3, -0.25) is 4.79 Å². The van der Waals surface area contributed by atoms with Gasteiger partial charge in [0.05, 0.1) is 35.5 Å². The van der Waals surface area contributed by atoms with Gasteiger partial charge in [0.2, 0.25) is 0 Å². The number of hydrogen-bond acceptors (Lipinski definition) is 7. The Morgan fingerprint density at radius 1 is 0.903 bits per heavy atom. The third-order valence-electron chi connectivity index (χ3n) is 5.92. The Bertz CT molecular complexity index is 929. The van der Waals surface area contributed by atoms with Crippen LogP contribution in [0.5, 0.6) is 23.0 Å². The van der Waals surface area contributed by atoms with Crippen LogP contribution in [0.2, 0.25) is 0 Å². The molecule has 7 heteroatoms. The van der Waals surface area contributed by atoms with Crippen LogP contribution in [0.4, 0.5) is 0 Å². The molecule has 0 aromatic heterocycles. The standard InChI is InChI=1S/C24H31NO6/c1-27-19-7-6-16(12-20(19)28-2)15-24(10-8-23(26)31-5)18-14-22(30-4)21(29-3)13-17(18)9-11-25-24/h6-7,12-14,25H,8-11,15H2,1-5H3/t24-/m1/s1. The zero-order chi connectivity index (χ0) is 22.4. The van der Waals surface area contributed by atoms with E-state index in [1.54, 1.807) is 28.4 Å². The van der Waals surface area contributed by atoms with Crippen LogP contribution in [0.15, 0.2) is 30.3 Å². The van der Waals surface area contributed by atoms with Gasteiger partial charge in [-0.1, -0.05) is 6.07 Å². The van der Waals surface area contributed by atoms with Crippen LogP contribution in [0, 0.1) is 0 Å². The van der Waals surface area contributed by atoms with Crippen LogP contribution in [0.25, 0.3) is 0 Å². The molecular formula is C24H31NO6. The number of ether oxygens (including phenoxy) is 5. The lowest BCUT2D eigenvalue weighted by Crippen LogP contribution is -2.49. The first-order chi connectivity index (χ1) is 15.0. The molecule has 1 aliphatic rings. The van der Waals surface area contributed by atoms with Gasteiger partial charge >= 0.3 is 5.97 Å². The van der Waals surface area contributed by atoms with Crippen molar-refractivity contribution in [2.24, 2.45) is 0 Å². The van der Waals surface area contributed by atoms with E-state index in [1.807, 2.05) is 30.3 Å². The summed E-state index contributed by atoms with van der Waals surface area (Å²) in [5.41, 5.74) is 2.88. The summed E-state index contributed by atoms with van der Waals surface area (Å²) in [7, 11) is 7.93. The van der Waals surface area contributed by atoms with Crippen molar-refractivity contribution in [1.29, 1.82) is 0 Å². The molecule has 0 saturated heterocycles. The second kappa shape index (κ2) is 9.92. The van der Waals surface area contributed by atoms with Crippen LogP contribution in [0.1, 0.15) is 29.5 Å². The number of hydrogen-bond donors (Lipinski definition) is 1. The fraction of sp³-hybridized carbons (Fsp3) is 0.458. The third kappa shape index (κ3) is 4.71. The van der Waals surface area contributed by atoms with Crippen LogP contribution < -0.4 is 24.3 Å². The molecule has 2 aromatic carbocycles. The quantitative estimate of drug-likeness (QED) is 0.613. The SMILES string of the molecule is COC(=O)CC[C@]1(Cc2ccc(OC)c(OC)c2)NCCc2cc(OC)c(OC)cc21. The van der Waals surface area contributed by atoms with E-state index < -0.39 is 5.54 Å². The van der Waals surface area contributed by atoms with Gasteiger partial charge in [-0.25, -0.2) is 0 Å². The summed E-state index contributed by atoms with van der Waals surface area (Å²) in [5, 5.41) is 3.70. The maximum Gasteiger partial charge on any atom is 0.305 e. The van der Waals surface area contributed by atoms with E-state index in [0.29, 0.717) is 42.3 Å². The Morgan fingerprint density at radius 3 is 2.19 bits per heavy atom. The molecule has 7 nitrogen and oxygen atoms in total. The molecular weight excluding hydrogens is 398 g/mol. The summed E-state index contributed by atoms with van der Waals surface area (Å²) < 4.78 is 26.9. The van der Waals surface area contributed by atoms with E-state index in [2.05, 4.69) is 5.32 Å². The fourth-order valence-corrected chi connectivity index (χ4v) is 4.33. The van der Waals surface area contributed by atoms with Crippen LogP contribution in [0.3, 0.4) is 0 Å². The summed E-state index contributed by atoms with van der Waals surface area (Å²) in [6.07, 6.45) is 2.40. The van der Waals surface area contributed by atoms with Gasteiger partial charge in [-0.05, 0) is 60.2 Å². The molecule has 0 unspecified atom stereocenters. The molecule has 1 heterocycles. The van der Waals surface area contributed by atoms with Gasteiger partial charge in [0.15, 0.2) is 23.0 Å². The first kappa shape index (κ1) is 22.7. The Kier molecular flexibility index (Phi) is 7.28. The molecule has 0 bridgehead atoms. The highest BCUT2D eigenvalue weighted by Crippen LogP contribution is 2.42. The van der Waals surface area contributed by atoms with E-state index in [0.717, 1.165) is 24.1 Å². The first-order valence-corrected chi connectivity index (χ1v) is 10.3. The van der Waals surface area contributed by atoms with Crippen molar-refractivity contribution < 1.29 is 28.5 Å². The van der Waals surface area contributed by atoms with Crippen molar-refractivity contribution in [1.82, 2.24) is 5.32 Å². The third-order valence-corrected chi connectivity index (χ3v) is 5.92. The predicted molar refractivity (Wildman–Crippen MR) is 117 cm³/mol. The molecule has 3 rings (SSSR count). The first-order valence-electron chi connectivity index (χ1n) is 10.3. The highest BCUT2D eigenvalue weighted by molar-refractivity contribution is 5.69. The van der Waals surface area contributed by atoms with E-state index in [1.165, 1.54) is 12.7 Å². The lowest BCUT2D eigenvalue weighted by atomic mass is 9.75. The van der Waals surface area contributed by atoms with Crippen LogP contribution >= 0.6 is 0 Å². The lowest BCUT2D eigenvalue weighted by Gasteiger charge is -2.41. The Morgan fingerprint density at radius 2 is 1.55 bits per heavy atom. The van der Waals surface area contributed by atoms with Crippen LogP contribution in [-0.2, 0) is 27.9 Å². The van der Waals surface area contributed by atoms with E-state index in [-0.39, 0.29) is 5.97 Å². The number of fused-ring (bicyclic) bond motifs is 1. The van der Waals surface area contributed by atoms with E-state index in [9.17, 15) is 4.79 Å². The molecule has 0 aliphatic carbocycles. The highest BCUT2D eigenvalue weighted by atomic mass is 16.5. The van der Waals surface area contributed by atoms with Gasteiger partial charge < -0.3 is 29.0 Å². The fourth-order valence-electron chi connectivity index (χ4n) is 4.33. The van der Waals surface area contributed by atoms with Crippen molar-refractivity contribution in [3.05, 3.63) is 47.0 Å². The Labute approximate surface area is 183 Å². The van der Waals surface area contributed by atoms with Gasteiger partial charge in [0, 0.05) is 18.5 Å². The maximum absolute atomic E-state index is 12.0. The predicted octanol–water partition coefficient (Wildman–Crippen LogP) is 3.26. The molecule has 0 radical (unpaired) electrons. The van der Waals surface area contributed by atoms with Crippen molar-refractivity contribution in [2.75, 3.05) is 42.1 Å². The minimum absolute atomic E-state index is 0.235. The van der Waals surface area contributed by atoms with Gasteiger partial charge in [0.1, 0.15) is 0 Å². The second-order valence-corrected chi connectivity index (χ2v) is 7.57. The average Bonchev–Trinajstić information content (AvgIpc) is 2.81. The highest BCUT2D eigenvalue weighted by Gasteiger charge is 2.38. The molecule has 168 valence electrons. The zero-order valence-corrected chi connectivity index (χ0v) is 18.9. The van der Waals surface area contributed by atoms with E-state index in [4.69, 9.17) is 23.7 Å². The number of methoxy groups -OCH3 is 5. The summed E-state index contributed by atoms with van der Waals surface area (Å²) in [4.78, 5) is 12.0. The summed E-state index contributed by atoms with van der Waals surface area (Å²) in [5.74, 6) is 2.49. The Balaban J connectivity index is 2.08. The summed E-state index contributed by atoms with van der Waals surface area (Å²) in [6.45, 7) is 0.789. The van der Waals surface area contributed by atoms with Crippen molar-refractivity contribution in [3.63, 3.8) is 0 Å². The van der Waals surface area contributed by atoms with Gasteiger partial charge in [-0.15, -0.1) is 0 Å². The largest absolute Gasteiger partial charge is 0.493 e. The molecule has 1 N–H and O–H groups in total. The smallest absolute Gasteiger partial charge is 0.305 e. The molecule has 0 amide bonds. The molecule has 1 atom stereocenters. The normalized spacial score (nSPS) is 17.5. The van der Waals surface area contributed by atoms with Gasteiger partial charge in [0.25, 0.3) is 0 Å². The number of carbonyl (C=O) groups excluding carboxylic acids is 1. The van der Waals surface area contributed by atoms with Crippen molar-refractivity contribution in [3.8, 4) is 23.0 Å². The molecule has 0 spiro atoms. The molecule has 0 fully saturated rings. The minimum atomic E-state index is -0.471. The average molecular weight is 430 g/mol. The summed E-state index contributed by atoms with van der Waals surface area (Å²) in [6, 6.07) is 9.97. The van der Waals surface area contributed by atoms with Gasteiger partial charge in [-0.2, -0.15) is 0 Å². The second-order valence-electron chi connectivity index (χ2n) is 7.57. The number of carbonyl (C=O) groups is 1. The van der Waals surface area contributed by atoms with Crippen molar-refractivity contribution >= 4 is 5.97 Å². The molecule has 1 aliphatic heterocycles. The lowest BCUT2D eigenvalue weighted by molar-refractivity contribution is -0.141. The molecule has 2 aromatic rings. The van der Waals surface area contributed by atoms with Crippen LogP contribution in [-0.4, -0.2) is 48.1 Å². The summed E-state index contributed by atoms with van der Waals surface area (Å²) >= 11 is 0. The Hall–Kier alpha value is -2.93. The monoisotopic (exact) mass is 429 g/mol.